The molecule has 32 heavy (non-hydrogen) atoms. The second kappa shape index (κ2) is 12.9. The molecule has 2 aromatic rings. The molecule has 0 radical (unpaired) electrons. The SMILES string of the molecule is CCCCCOc1ccc(C=C2CCC(=Cc3ccc(OCCCCC)cc3)C2=O)cc1. The predicted molar refractivity (Wildman–Crippen MR) is 133 cm³/mol. The Kier molecular flexibility index (Phi) is 9.61. The summed E-state index contributed by atoms with van der Waals surface area (Å²) in [7, 11) is 0. The fourth-order valence-corrected chi connectivity index (χ4v) is 3.79. The monoisotopic (exact) mass is 432 g/mol. The van der Waals surface area contributed by atoms with Crippen LogP contribution in [0.5, 0.6) is 11.5 Å². The Morgan fingerprint density at radius 1 is 0.656 bits per heavy atom. The van der Waals surface area contributed by atoms with E-state index in [4.69, 9.17) is 9.47 Å². The van der Waals surface area contributed by atoms with Gasteiger partial charge in [0.15, 0.2) is 5.78 Å². The third-order valence-electron chi connectivity index (χ3n) is 5.72. The molecule has 3 nitrogen and oxygen atoms in total. The molecule has 0 amide bonds. The van der Waals surface area contributed by atoms with Gasteiger partial charge in [0.25, 0.3) is 0 Å². The van der Waals surface area contributed by atoms with Gasteiger partial charge in [0.1, 0.15) is 11.5 Å². The number of ketones is 1. The molecule has 0 aliphatic heterocycles. The molecule has 1 aliphatic carbocycles. The Morgan fingerprint density at radius 2 is 1.06 bits per heavy atom. The van der Waals surface area contributed by atoms with Gasteiger partial charge in [-0.15, -0.1) is 0 Å². The van der Waals surface area contributed by atoms with Gasteiger partial charge in [-0.05, 0) is 73.2 Å². The molecule has 0 spiro atoms. The van der Waals surface area contributed by atoms with E-state index in [1.807, 2.05) is 60.7 Å². The number of benzene rings is 2. The van der Waals surface area contributed by atoms with Crippen molar-refractivity contribution in [1.82, 2.24) is 0 Å². The number of Topliss-reactive ketones (excluding diaryl/α,β-unsaturated/α-hetero) is 1. The van der Waals surface area contributed by atoms with Gasteiger partial charge in [0.2, 0.25) is 0 Å². The molecular weight excluding hydrogens is 396 g/mol. The van der Waals surface area contributed by atoms with Gasteiger partial charge in [-0.2, -0.15) is 0 Å². The van der Waals surface area contributed by atoms with E-state index < -0.39 is 0 Å². The number of hydrogen-bond acceptors (Lipinski definition) is 3. The van der Waals surface area contributed by atoms with E-state index in [9.17, 15) is 4.79 Å². The van der Waals surface area contributed by atoms with Crippen LogP contribution in [0.15, 0.2) is 59.7 Å². The summed E-state index contributed by atoms with van der Waals surface area (Å²) < 4.78 is 11.5. The Hall–Kier alpha value is -2.81. The zero-order valence-electron chi connectivity index (χ0n) is 19.6. The molecule has 2 aromatic carbocycles. The third-order valence-corrected chi connectivity index (χ3v) is 5.72. The second-order valence-electron chi connectivity index (χ2n) is 8.42. The number of rotatable bonds is 12. The van der Waals surface area contributed by atoms with Crippen LogP contribution in [0.3, 0.4) is 0 Å². The molecular formula is C29H36O3. The lowest BCUT2D eigenvalue weighted by molar-refractivity contribution is -0.111. The first kappa shape index (κ1) is 23.8. The molecule has 170 valence electrons. The van der Waals surface area contributed by atoms with Crippen LogP contribution >= 0.6 is 0 Å². The van der Waals surface area contributed by atoms with Gasteiger partial charge in [0.05, 0.1) is 13.2 Å². The standard InChI is InChI=1S/C29H36O3/c1-3-5-7-19-31-27-15-9-23(10-16-27)21-25-13-14-26(29(25)30)22-24-11-17-28(18-12-24)32-20-8-6-4-2/h9-12,15-18,21-22H,3-8,13-14,19-20H2,1-2H3. The number of hydrogen-bond donors (Lipinski definition) is 0. The van der Waals surface area contributed by atoms with Crippen LogP contribution in [-0.4, -0.2) is 19.0 Å². The average molecular weight is 433 g/mol. The lowest BCUT2D eigenvalue weighted by Gasteiger charge is -2.06. The second-order valence-corrected chi connectivity index (χ2v) is 8.42. The smallest absolute Gasteiger partial charge is 0.185 e. The summed E-state index contributed by atoms with van der Waals surface area (Å²) in [5.74, 6) is 1.93. The lowest BCUT2D eigenvalue weighted by atomic mass is 10.1. The molecule has 1 fully saturated rings. The van der Waals surface area contributed by atoms with Crippen molar-refractivity contribution in [1.29, 1.82) is 0 Å². The zero-order valence-corrected chi connectivity index (χ0v) is 19.6. The highest BCUT2D eigenvalue weighted by Crippen LogP contribution is 2.30. The van der Waals surface area contributed by atoms with E-state index in [0.29, 0.717) is 0 Å². The van der Waals surface area contributed by atoms with E-state index in [-0.39, 0.29) is 5.78 Å². The molecule has 0 heterocycles. The van der Waals surface area contributed by atoms with Crippen LogP contribution in [0.25, 0.3) is 12.2 Å². The van der Waals surface area contributed by atoms with Crippen LogP contribution in [0, 0.1) is 0 Å². The Labute approximate surface area is 193 Å². The number of allylic oxidation sites excluding steroid dienone is 2. The highest BCUT2D eigenvalue weighted by Gasteiger charge is 2.22. The van der Waals surface area contributed by atoms with Crippen molar-refractivity contribution in [2.24, 2.45) is 0 Å². The molecule has 0 unspecified atom stereocenters. The summed E-state index contributed by atoms with van der Waals surface area (Å²) in [6.45, 7) is 5.89. The van der Waals surface area contributed by atoms with Crippen molar-refractivity contribution >= 4 is 17.9 Å². The molecule has 0 atom stereocenters. The highest BCUT2D eigenvalue weighted by atomic mass is 16.5. The van der Waals surface area contributed by atoms with Crippen molar-refractivity contribution < 1.29 is 14.3 Å². The molecule has 3 rings (SSSR count). The van der Waals surface area contributed by atoms with Gasteiger partial charge in [-0.1, -0.05) is 63.8 Å². The number of unbranched alkanes of at least 4 members (excludes halogenated alkanes) is 4. The summed E-state index contributed by atoms with van der Waals surface area (Å²) in [5.41, 5.74) is 3.84. The first-order valence-corrected chi connectivity index (χ1v) is 12.1. The topological polar surface area (TPSA) is 35.5 Å². The predicted octanol–water partition coefficient (Wildman–Crippen LogP) is 7.65. The first-order chi connectivity index (χ1) is 15.7. The van der Waals surface area contributed by atoms with Crippen LogP contribution in [0.4, 0.5) is 0 Å². The van der Waals surface area contributed by atoms with E-state index in [1.54, 1.807) is 0 Å². The van der Waals surface area contributed by atoms with Crippen molar-refractivity contribution in [3.63, 3.8) is 0 Å². The van der Waals surface area contributed by atoms with Crippen molar-refractivity contribution in [3.05, 3.63) is 70.8 Å². The Morgan fingerprint density at radius 3 is 1.44 bits per heavy atom. The van der Waals surface area contributed by atoms with Crippen molar-refractivity contribution in [2.75, 3.05) is 13.2 Å². The van der Waals surface area contributed by atoms with Crippen LogP contribution in [0.2, 0.25) is 0 Å². The summed E-state index contributed by atoms with van der Waals surface area (Å²) in [4.78, 5) is 12.9. The lowest BCUT2D eigenvalue weighted by Crippen LogP contribution is -1.97. The maximum Gasteiger partial charge on any atom is 0.185 e. The summed E-state index contributed by atoms with van der Waals surface area (Å²) in [6, 6.07) is 16.0. The summed E-state index contributed by atoms with van der Waals surface area (Å²) in [5, 5.41) is 0. The fourth-order valence-electron chi connectivity index (χ4n) is 3.79. The van der Waals surface area contributed by atoms with E-state index in [0.717, 1.165) is 72.7 Å². The number of carbonyl (C=O) groups excluding carboxylic acids is 1. The highest BCUT2D eigenvalue weighted by molar-refractivity contribution is 6.15. The zero-order chi connectivity index (χ0) is 22.6. The minimum atomic E-state index is 0.157. The quantitative estimate of drug-likeness (QED) is 0.255. The minimum Gasteiger partial charge on any atom is -0.494 e. The maximum absolute atomic E-state index is 12.9. The number of ether oxygens (including phenoxy) is 2. The minimum absolute atomic E-state index is 0.157. The molecule has 0 aromatic heterocycles. The largest absolute Gasteiger partial charge is 0.494 e. The normalized spacial score (nSPS) is 16.1. The van der Waals surface area contributed by atoms with Crippen LogP contribution in [-0.2, 0) is 4.79 Å². The van der Waals surface area contributed by atoms with E-state index in [2.05, 4.69) is 13.8 Å². The average Bonchev–Trinajstić information content (AvgIpc) is 3.15. The Balaban J connectivity index is 1.55. The van der Waals surface area contributed by atoms with Gasteiger partial charge in [0, 0.05) is 11.1 Å². The van der Waals surface area contributed by atoms with E-state index in [1.165, 1.54) is 25.7 Å². The van der Waals surface area contributed by atoms with Crippen molar-refractivity contribution in [3.8, 4) is 11.5 Å². The van der Waals surface area contributed by atoms with Gasteiger partial charge < -0.3 is 9.47 Å². The molecule has 3 heteroatoms. The summed E-state index contributed by atoms with van der Waals surface area (Å²) in [6.07, 6.45) is 12.5. The summed E-state index contributed by atoms with van der Waals surface area (Å²) >= 11 is 0. The van der Waals surface area contributed by atoms with Gasteiger partial charge in [-0.3, -0.25) is 4.79 Å². The molecule has 0 N–H and O–H groups in total. The van der Waals surface area contributed by atoms with Crippen LogP contribution in [0.1, 0.15) is 76.3 Å². The van der Waals surface area contributed by atoms with Crippen LogP contribution < -0.4 is 9.47 Å². The first-order valence-electron chi connectivity index (χ1n) is 12.1. The maximum atomic E-state index is 12.9. The molecule has 1 saturated carbocycles. The van der Waals surface area contributed by atoms with Gasteiger partial charge >= 0.3 is 0 Å². The molecule has 0 saturated heterocycles. The molecule has 1 aliphatic rings. The van der Waals surface area contributed by atoms with E-state index >= 15 is 0 Å². The third kappa shape index (κ3) is 7.40. The fraction of sp³-hybridized carbons (Fsp3) is 0.414. The number of carbonyl (C=O) groups is 1. The Bertz CT molecular complexity index is 829. The van der Waals surface area contributed by atoms with Gasteiger partial charge in [-0.25, -0.2) is 0 Å². The molecule has 0 bridgehead atoms. The van der Waals surface area contributed by atoms with Crippen molar-refractivity contribution in [2.45, 2.75) is 65.2 Å².